The highest BCUT2D eigenvalue weighted by atomic mass is 79.9. The first-order valence-corrected chi connectivity index (χ1v) is 8.08. The molecule has 1 heterocycles. The molecule has 0 unspecified atom stereocenters. The van der Waals surface area contributed by atoms with Crippen LogP contribution in [0.1, 0.15) is 27.9 Å². The zero-order valence-corrected chi connectivity index (χ0v) is 14.5. The molecule has 22 heavy (non-hydrogen) atoms. The normalized spacial score (nSPS) is 10.9. The van der Waals surface area contributed by atoms with E-state index in [9.17, 15) is 4.79 Å². The van der Waals surface area contributed by atoms with Gasteiger partial charge in [-0.15, -0.1) is 0 Å². The van der Waals surface area contributed by atoms with Crippen LogP contribution in [0, 0.1) is 0 Å². The summed E-state index contributed by atoms with van der Waals surface area (Å²) in [5.74, 6) is 0.420. The fourth-order valence-corrected chi connectivity index (χ4v) is 3.14. The molecule has 116 valence electrons. The van der Waals surface area contributed by atoms with Gasteiger partial charge < -0.3 is 10.5 Å². The second-order valence-electron chi connectivity index (χ2n) is 4.27. The number of nitrogens with one attached hydrogen (secondary N) is 1. The van der Waals surface area contributed by atoms with E-state index in [0.717, 1.165) is 27.1 Å². The minimum Gasteiger partial charge on any atom is -0.496 e. The van der Waals surface area contributed by atoms with Gasteiger partial charge in [-0.3, -0.25) is 4.79 Å². The molecule has 2 rings (SSSR count). The molecule has 0 aliphatic rings. The number of hydrogen-bond acceptors (Lipinski definition) is 6. The summed E-state index contributed by atoms with van der Waals surface area (Å²) in [7, 11) is 1.60. The summed E-state index contributed by atoms with van der Waals surface area (Å²) in [6.45, 7) is 1.92. The molecule has 2 aromatic rings. The van der Waals surface area contributed by atoms with Crippen molar-refractivity contribution in [1.29, 1.82) is 0 Å². The van der Waals surface area contributed by atoms with Gasteiger partial charge in [0.2, 0.25) is 0 Å². The van der Waals surface area contributed by atoms with Crippen LogP contribution in [0.5, 0.6) is 5.75 Å². The van der Waals surface area contributed by atoms with Crippen LogP contribution in [0.2, 0.25) is 0 Å². The molecule has 1 aromatic heterocycles. The maximum atomic E-state index is 12.1. The standard InChI is InChI=1S/C14H15BrN4O2S/c1-3-10-12(22-14(16)18-10)13(20)19-17-7-8-4-5-11(21-2)9(15)6-8/h4-7H,3H2,1-2H3,(H2,16,18)(H,19,20)/b17-7+. The number of hydrazone groups is 1. The molecule has 3 N–H and O–H groups in total. The second-order valence-corrected chi connectivity index (χ2v) is 6.16. The number of halogens is 1. The van der Waals surface area contributed by atoms with Crippen molar-refractivity contribution in [3.05, 3.63) is 38.8 Å². The number of carbonyl (C=O) groups excluding carboxylic acids is 1. The van der Waals surface area contributed by atoms with Crippen molar-refractivity contribution in [2.24, 2.45) is 5.10 Å². The number of hydrogen-bond donors (Lipinski definition) is 2. The molecule has 1 aromatic carbocycles. The third kappa shape index (κ3) is 3.83. The summed E-state index contributed by atoms with van der Waals surface area (Å²) in [5.41, 5.74) is 9.62. The van der Waals surface area contributed by atoms with Crippen molar-refractivity contribution < 1.29 is 9.53 Å². The van der Waals surface area contributed by atoms with Crippen molar-refractivity contribution in [3.8, 4) is 5.75 Å². The Morgan fingerprint density at radius 2 is 2.36 bits per heavy atom. The Morgan fingerprint density at radius 1 is 1.59 bits per heavy atom. The van der Waals surface area contributed by atoms with Gasteiger partial charge in [-0.25, -0.2) is 10.4 Å². The average molecular weight is 383 g/mol. The highest BCUT2D eigenvalue weighted by molar-refractivity contribution is 9.10. The molecule has 0 fully saturated rings. The first-order valence-electron chi connectivity index (χ1n) is 6.47. The predicted molar refractivity (Wildman–Crippen MR) is 91.7 cm³/mol. The van der Waals surface area contributed by atoms with Crippen LogP contribution >= 0.6 is 27.3 Å². The number of rotatable bonds is 5. The summed E-state index contributed by atoms with van der Waals surface area (Å²) in [6, 6.07) is 5.49. The Bertz CT molecular complexity index is 715. The Morgan fingerprint density at radius 3 is 3.00 bits per heavy atom. The summed E-state index contributed by atoms with van der Waals surface area (Å²) in [4.78, 5) is 16.7. The fraction of sp³-hybridized carbons (Fsp3) is 0.214. The van der Waals surface area contributed by atoms with Gasteiger partial charge in [0.1, 0.15) is 10.6 Å². The van der Waals surface area contributed by atoms with E-state index in [1.54, 1.807) is 13.3 Å². The van der Waals surface area contributed by atoms with Crippen LogP contribution in [0.4, 0.5) is 5.13 Å². The van der Waals surface area contributed by atoms with E-state index in [1.165, 1.54) is 0 Å². The van der Waals surface area contributed by atoms with Gasteiger partial charge in [0.15, 0.2) is 5.13 Å². The zero-order chi connectivity index (χ0) is 16.1. The van der Waals surface area contributed by atoms with Crippen LogP contribution < -0.4 is 15.9 Å². The van der Waals surface area contributed by atoms with Gasteiger partial charge in [0, 0.05) is 0 Å². The first-order chi connectivity index (χ1) is 10.5. The maximum absolute atomic E-state index is 12.1. The van der Waals surface area contributed by atoms with Gasteiger partial charge in [-0.05, 0) is 46.1 Å². The molecule has 6 nitrogen and oxygen atoms in total. The highest BCUT2D eigenvalue weighted by Gasteiger charge is 2.15. The Hall–Kier alpha value is -1.93. The van der Waals surface area contributed by atoms with E-state index in [2.05, 4.69) is 31.4 Å². The van der Waals surface area contributed by atoms with Gasteiger partial charge in [0.25, 0.3) is 5.91 Å². The van der Waals surface area contributed by atoms with Gasteiger partial charge in [-0.2, -0.15) is 5.10 Å². The summed E-state index contributed by atoms with van der Waals surface area (Å²) < 4.78 is 5.96. The molecule has 0 spiro atoms. The number of benzene rings is 1. The Labute approximate surface area is 140 Å². The number of nitrogens with zero attached hydrogens (tertiary/aromatic N) is 2. The largest absolute Gasteiger partial charge is 0.496 e. The van der Waals surface area contributed by atoms with Crippen LogP contribution in [0.25, 0.3) is 0 Å². The number of anilines is 1. The van der Waals surface area contributed by atoms with E-state index in [-0.39, 0.29) is 5.91 Å². The zero-order valence-electron chi connectivity index (χ0n) is 12.1. The first kappa shape index (κ1) is 16.4. The van der Waals surface area contributed by atoms with Crippen molar-refractivity contribution in [1.82, 2.24) is 10.4 Å². The molecule has 0 aliphatic carbocycles. The monoisotopic (exact) mass is 382 g/mol. The number of aryl methyl sites for hydroxylation is 1. The second kappa shape index (κ2) is 7.37. The van der Waals surface area contributed by atoms with Gasteiger partial charge >= 0.3 is 0 Å². The lowest BCUT2D eigenvalue weighted by atomic mass is 10.2. The average Bonchev–Trinajstić information content (AvgIpc) is 2.88. The number of nitrogens with two attached hydrogens (primary N) is 1. The lowest BCUT2D eigenvalue weighted by Crippen LogP contribution is -2.17. The van der Waals surface area contributed by atoms with E-state index >= 15 is 0 Å². The van der Waals surface area contributed by atoms with Gasteiger partial charge in [0.05, 0.1) is 23.5 Å². The van der Waals surface area contributed by atoms with Crippen LogP contribution in [0.3, 0.4) is 0 Å². The molecular formula is C14H15BrN4O2S. The number of thiazole rings is 1. The minimum atomic E-state index is -0.310. The molecule has 0 radical (unpaired) electrons. The third-order valence-electron chi connectivity index (χ3n) is 2.81. The molecular weight excluding hydrogens is 368 g/mol. The number of aromatic nitrogens is 1. The molecule has 0 atom stereocenters. The fourth-order valence-electron chi connectivity index (χ4n) is 1.77. The van der Waals surface area contributed by atoms with Crippen molar-refractivity contribution in [2.45, 2.75) is 13.3 Å². The number of methoxy groups -OCH3 is 1. The van der Waals surface area contributed by atoms with E-state index in [4.69, 9.17) is 10.5 Å². The minimum absolute atomic E-state index is 0.310. The lowest BCUT2D eigenvalue weighted by molar-refractivity contribution is 0.0958. The van der Waals surface area contributed by atoms with Crippen molar-refractivity contribution >= 4 is 44.5 Å². The quantitative estimate of drug-likeness (QED) is 0.614. The highest BCUT2D eigenvalue weighted by Crippen LogP contribution is 2.25. The van der Waals surface area contributed by atoms with Crippen molar-refractivity contribution in [3.63, 3.8) is 0 Å². The number of nitrogen functional groups attached to an aromatic ring is 1. The molecule has 0 saturated carbocycles. The van der Waals surface area contributed by atoms with Crippen LogP contribution in [0.15, 0.2) is 27.8 Å². The third-order valence-corrected chi connectivity index (χ3v) is 4.36. The number of amides is 1. The van der Waals surface area contributed by atoms with Crippen LogP contribution in [-0.4, -0.2) is 24.2 Å². The van der Waals surface area contributed by atoms with Crippen molar-refractivity contribution in [2.75, 3.05) is 12.8 Å². The van der Waals surface area contributed by atoms with E-state index < -0.39 is 0 Å². The Kier molecular flexibility index (Phi) is 5.51. The van der Waals surface area contributed by atoms with Crippen LogP contribution in [-0.2, 0) is 6.42 Å². The summed E-state index contributed by atoms with van der Waals surface area (Å²) in [6.07, 6.45) is 2.20. The van der Waals surface area contributed by atoms with Gasteiger partial charge in [-0.1, -0.05) is 18.3 Å². The van der Waals surface area contributed by atoms with E-state index in [1.807, 2.05) is 25.1 Å². The molecule has 1 amide bonds. The van der Waals surface area contributed by atoms with E-state index in [0.29, 0.717) is 22.1 Å². The summed E-state index contributed by atoms with van der Waals surface area (Å²) >= 11 is 4.55. The molecule has 0 bridgehead atoms. The number of carbonyl (C=O) groups is 1. The maximum Gasteiger partial charge on any atom is 0.283 e. The summed E-state index contributed by atoms with van der Waals surface area (Å²) in [5, 5.41) is 4.33. The molecule has 0 aliphatic heterocycles. The molecule has 0 saturated heterocycles. The predicted octanol–water partition coefficient (Wildman–Crippen LogP) is 2.82. The SMILES string of the molecule is CCc1nc(N)sc1C(=O)N/N=C/c1ccc(OC)c(Br)c1. The molecule has 8 heteroatoms. The smallest absolute Gasteiger partial charge is 0.283 e. The Balaban J connectivity index is 2.05. The number of ether oxygens (including phenoxy) is 1. The topological polar surface area (TPSA) is 89.6 Å². The lowest BCUT2D eigenvalue weighted by Gasteiger charge is -2.03.